The summed E-state index contributed by atoms with van der Waals surface area (Å²) in [6, 6.07) is 25.5. The lowest BCUT2D eigenvalue weighted by Gasteiger charge is -2.16. The van der Waals surface area contributed by atoms with E-state index in [4.69, 9.17) is 16.3 Å². The zero-order valence-electron chi connectivity index (χ0n) is 16.8. The number of rotatable bonds is 3. The second-order valence-corrected chi connectivity index (χ2v) is 8.10. The van der Waals surface area contributed by atoms with E-state index in [1.54, 1.807) is 0 Å². The molecule has 0 fully saturated rings. The number of halogens is 1. The summed E-state index contributed by atoms with van der Waals surface area (Å²) in [5.41, 5.74) is 5.48. The fourth-order valence-corrected chi connectivity index (χ4v) is 4.12. The SMILES string of the molecule is O=C1OC(c2cccc(C=Cc3ccc4ccc(Cl)cc4n3)c2)CCc2ccccc21. The number of aryl methyl sites for hydroxylation is 1. The Bertz CT molecular complexity index is 1310. The molecule has 0 aliphatic carbocycles. The molecule has 1 unspecified atom stereocenters. The van der Waals surface area contributed by atoms with E-state index in [1.807, 2.05) is 84.9 Å². The van der Waals surface area contributed by atoms with Gasteiger partial charge in [0.15, 0.2) is 0 Å². The van der Waals surface area contributed by atoms with Crippen LogP contribution in [0.4, 0.5) is 0 Å². The average molecular weight is 426 g/mol. The van der Waals surface area contributed by atoms with Crippen molar-refractivity contribution in [1.82, 2.24) is 4.98 Å². The number of fused-ring (bicyclic) bond motifs is 2. The molecule has 0 radical (unpaired) electrons. The maximum atomic E-state index is 12.6. The molecule has 1 aromatic heterocycles. The van der Waals surface area contributed by atoms with Crippen molar-refractivity contribution in [1.29, 1.82) is 0 Å². The van der Waals surface area contributed by atoms with Crippen LogP contribution < -0.4 is 0 Å². The van der Waals surface area contributed by atoms with Gasteiger partial charge >= 0.3 is 5.97 Å². The summed E-state index contributed by atoms with van der Waals surface area (Å²) in [5.74, 6) is -0.252. The summed E-state index contributed by atoms with van der Waals surface area (Å²) in [6.07, 6.45) is 5.33. The molecule has 4 heteroatoms. The average Bonchev–Trinajstić information content (AvgIpc) is 2.97. The smallest absolute Gasteiger partial charge is 0.339 e. The number of carbonyl (C=O) groups is 1. The molecule has 4 aromatic rings. The Morgan fingerprint density at radius 2 is 1.81 bits per heavy atom. The van der Waals surface area contributed by atoms with Crippen LogP contribution in [0.15, 0.2) is 78.9 Å². The van der Waals surface area contributed by atoms with E-state index >= 15 is 0 Å². The summed E-state index contributed by atoms with van der Waals surface area (Å²) >= 11 is 6.09. The van der Waals surface area contributed by atoms with E-state index in [1.165, 1.54) is 0 Å². The topological polar surface area (TPSA) is 39.2 Å². The van der Waals surface area contributed by atoms with Crippen LogP contribution in [0, 0.1) is 0 Å². The van der Waals surface area contributed by atoms with Gasteiger partial charge in [0.05, 0.1) is 16.8 Å². The second kappa shape index (κ2) is 8.37. The highest BCUT2D eigenvalue weighted by Crippen LogP contribution is 2.30. The Morgan fingerprint density at radius 3 is 2.74 bits per heavy atom. The van der Waals surface area contributed by atoms with Gasteiger partial charge in [-0.05, 0) is 65.9 Å². The number of ether oxygens (including phenoxy) is 1. The Morgan fingerprint density at radius 1 is 0.935 bits per heavy atom. The molecule has 5 rings (SSSR count). The lowest BCUT2D eigenvalue weighted by atomic mass is 9.99. The molecular weight excluding hydrogens is 406 g/mol. The molecule has 1 atom stereocenters. The van der Waals surface area contributed by atoms with Crippen LogP contribution in [-0.4, -0.2) is 11.0 Å². The summed E-state index contributed by atoms with van der Waals surface area (Å²) in [6.45, 7) is 0. The number of cyclic esters (lactones) is 1. The minimum atomic E-state index is -0.255. The summed E-state index contributed by atoms with van der Waals surface area (Å²) in [7, 11) is 0. The predicted molar refractivity (Wildman–Crippen MR) is 125 cm³/mol. The van der Waals surface area contributed by atoms with Crippen molar-refractivity contribution in [3.8, 4) is 0 Å². The number of hydrogen-bond acceptors (Lipinski definition) is 3. The molecule has 0 amide bonds. The molecule has 2 heterocycles. The third kappa shape index (κ3) is 4.23. The van der Waals surface area contributed by atoms with Crippen molar-refractivity contribution in [3.05, 3.63) is 112 Å². The minimum Gasteiger partial charge on any atom is -0.454 e. The van der Waals surface area contributed by atoms with Crippen LogP contribution in [0.25, 0.3) is 23.1 Å². The summed E-state index contributed by atoms with van der Waals surface area (Å²) in [4.78, 5) is 17.2. The highest BCUT2D eigenvalue weighted by molar-refractivity contribution is 6.31. The molecule has 0 spiro atoms. The van der Waals surface area contributed by atoms with Crippen LogP contribution in [0.2, 0.25) is 5.02 Å². The van der Waals surface area contributed by atoms with Gasteiger partial charge < -0.3 is 4.74 Å². The molecule has 152 valence electrons. The first-order valence-corrected chi connectivity index (χ1v) is 10.7. The monoisotopic (exact) mass is 425 g/mol. The molecule has 31 heavy (non-hydrogen) atoms. The van der Waals surface area contributed by atoms with Crippen molar-refractivity contribution in [2.24, 2.45) is 0 Å². The number of hydrogen-bond donors (Lipinski definition) is 0. The molecule has 1 aliphatic rings. The number of carbonyl (C=O) groups excluding carboxylic acids is 1. The third-order valence-electron chi connectivity index (χ3n) is 5.57. The lowest BCUT2D eigenvalue weighted by molar-refractivity contribution is 0.0298. The number of esters is 1. The van der Waals surface area contributed by atoms with Crippen LogP contribution in [0.1, 0.15) is 45.3 Å². The highest BCUT2D eigenvalue weighted by Gasteiger charge is 2.24. The van der Waals surface area contributed by atoms with E-state index in [-0.39, 0.29) is 12.1 Å². The Balaban J connectivity index is 1.37. The minimum absolute atomic E-state index is 0.252. The summed E-state index contributed by atoms with van der Waals surface area (Å²) < 4.78 is 5.81. The van der Waals surface area contributed by atoms with Gasteiger partial charge in [0.1, 0.15) is 6.10 Å². The van der Waals surface area contributed by atoms with Gasteiger partial charge in [0.2, 0.25) is 0 Å². The normalized spacial score (nSPS) is 16.2. The maximum absolute atomic E-state index is 12.6. The van der Waals surface area contributed by atoms with Crippen molar-refractivity contribution in [2.75, 3.05) is 0 Å². The number of pyridine rings is 1. The molecular formula is C27H20ClNO2. The van der Waals surface area contributed by atoms with Crippen molar-refractivity contribution >= 4 is 40.6 Å². The van der Waals surface area contributed by atoms with Gasteiger partial charge in [0.25, 0.3) is 0 Å². The molecule has 0 saturated heterocycles. The maximum Gasteiger partial charge on any atom is 0.339 e. The lowest BCUT2D eigenvalue weighted by Crippen LogP contribution is -2.09. The number of aromatic nitrogens is 1. The Hall–Kier alpha value is -3.43. The van der Waals surface area contributed by atoms with Gasteiger partial charge in [-0.25, -0.2) is 9.78 Å². The number of benzene rings is 3. The van der Waals surface area contributed by atoms with E-state index in [0.29, 0.717) is 10.6 Å². The largest absolute Gasteiger partial charge is 0.454 e. The van der Waals surface area contributed by atoms with Gasteiger partial charge in [-0.2, -0.15) is 0 Å². The Kier molecular flexibility index (Phi) is 5.27. The van der Waals surface area contributed by atoms with E-state index < -0.39 is 0 Å². The molecule has 0 N–H and O–H groups in total. The van der Waals surface area contributed by atoms with Crippen LogP contribution in [-0.2, 0) is 11.2 Å². The van der Waals surface area contributed by atoms with Crippen LogP contribution in [0.5, 0.6) is 0 Å². The van der Waals surface area contributed by atoms with Crippen molar-refractivity contribution in [3.63, 3.8) is 0 Å². The van der Waals surface area contributed by atoms with E-state index in [9.17, 15) is 4.79 Å². The van der Waals surface area contributed by atoms with Gasteiger partial charge in [-0.15, -0.1) is 0 Å². The van der Waals surface area contributed by atoms with Crippen LogP contribution in [0.3, 0.4) is 0 Å². The zero-order valence-corrected chi connectivity index (χ0v) is 17.5. The molecule has 0 saturated carbocycles. The molecule has 3 nitrogen and oxygen atoms in total. The molecule has 0 bridgehead atoms. The molecule has 1 aliphatic heterocycles. The van der Waals surface area contributed by atoms with Gasteiger partial charge in [0, 0.05) is 10.4 Å². The number of nitrogens with zero attached hydrogens (tertiary/aromatic N) is 1. The first-order chi connectivity index (χ1) is 15.2. The fourth-order valence-electron chi connectivity index (χ4n) is 3.95. The molecule has 3 aromatic carbocycles. The summed E-state index contributed by atoms with van der Waals surface area (Å²) in [5, 5.41) is 1.73. The standard InChI is InChI=1S/C27H20ClNO2/c28-22-12-9-20-10-14-23(29-25(20)17-22)13-8-18-4-3-6-21(16-18)26-15-11-19-5-1-2-7-24(19)27(30)31-26/h1-10,12-14,16-17,26H,11,15H2. The van der Waals surface area contributed by atoms with Crippen molar-refractivity contribution in [2.45, 2.75) is 18.9 Å². The third-order valence-corrected chi connectivity index (χ3v) is 5.80. The van der Waals surface area contributed by atoms with Gasteiger partial charge in [-0.1, -0.05) is 66.2 Å². The first-order valence-electron chi connectivity index (χ1n) is 10.3. The fraction of sp³-hybridized carbons (Fsp3) is 0.111. The highest BCUT2D eigenvalue weighted by atomic mass is 35.5. The first kappa shape index (κ1) is 19.5. The predicted octanol–water partition coefficient (Wildman–Crippen LogP) is 6.90. The second-order valence-electron chi connectivity index (χ2n) is 7.67. The van der Waals surface area contributed by atoms with Crippen LogP contribution >= 0.6 is 11.6 Å². The zero-order chi connectivity index (χ0) is 21.2. The van der Waals surface area contributed by atoms with Crippen molar-refractivity contribution < 1.29 is 9.53 Å². The quantitative estimate of drug-likeness (QED) is 0.335. The van der Waals surface area contributed by atoms with E-state index in [0.717, 1.165) is 46.1 Å². The van der Waals surface area contributed by atoms with Gasteiger partial charge in [-0.3, -0.25) is 0 Å². The Labute approximate surface area is 186 Å². The van der Waals surface area contributed by atoms with E-state index in [2.05, 4.69) is 11.1 Å².